The average molecular weight is 417 g/mol. The summed E-state index contributed by atoms with van der Waals surface area (Å²) in [6, 6.07) is 12.0. The third kappa shape index (κ3) is 4.87. The van der Waals surface area contributed by atoms with Gasteiger partial charge in [0.2, 0.25) is 5.82 Å². The topological polar surface area (TPSA) is 61.2 Å². The number of benzene rings is 1. The third-order valence-corrected chi connectivity index (χ3v) is 6.04. The van der Waals surface area contributed by atoms with Gasteiger partial charge >= 0.3 is 0 Å². The molecule has 1 aromatic carbocycles. The van der Waals surface area contributed by atoms with E-state index in [1.807, 2.05) is 35.0 Å². The first kappa shape index (κ1) is 21.5. The molecule has 0 saturated carbocycles. The van der Waals surface area contributed by atoms with Crippen molar-refractivity contribution in [2.45, 2.75) is 65.7 Å². The molecule has 29 heavy (non-hydrogen) atoms. The van der Waals surface area contributed by atoms with Crippen molar-refractivity contribution in [1.82, 2.24) is 20.2 Å². The molecule has 0 fully saturated rings. The molecule has 3 aromatic rings. The Kier molecular flexibility index (Phi) is 6.75. The van der Waals surface area contributed by atoms with Crippen molar-refractivity contribution in [2.24, 2.45) is 5.92 Å². The van der Waals surface area contributed by atoms with E-state index in [1.165, 1.54) is 4.90 Å². The minimum atomic E-state index is -0.161. The minimum absolute atomic E-state index is 0.0807. The van der Waals surface area contributed by atoms with Crippen LogP contribution >= 0.6 is 11.6 Å². The second-order valence-corrected chi connectivity index (χ2v) is 8.93. The molecule has 7 heteroatoms. The fraction of sp³-hybridized carbons (Fsp3) is 0.500. The Labute approximate surface area is 177 Å². The molecule has 0 radical (unpaired) electrons. The summed E-state index contributed by atoms with van der Waals surface area (Å²) in [4.78, 5) is 1.30. The third-order valence-electron chi connectivity index (χ3n) is 5.67. The van der Waals surface area contributed by atoms with Gasteiger partial charge in [-0.2, -0.15) is 0 Å². The summed E-state index contributed by atoms with van der Waals surface area (Å²) < 4.78 is 7.68. The molecule has 3 rings (SSSR count). The second kappa shape index (κ2) is 9.09. The van der Waals surface area contributed by atoms with Gasteiger partial charge in [-0.05, 0) is 48.9 Å². The summed E-state index contributed by atoms with van der Waals surface area (Å²) in [5, 5.41) is 13.7. The highest BCUT2D eigenvalue weighted by Gasteiger charge is 2.37. The molecule has 0 bridgehead atoms. The summed E-state index contributed by atoms with van der Waals surface area (Å²) in [7, 11) is 0. The van der Waals surface area contributed by atoms with Crippen LogP contribution < -0.4 is 4.90 Å². The van der Waals surface area contributed by atoms with Crippen molar-refractivity contribution in [3.63, 3.8) is 0 Å². The molecule has 0 aliphatic carbocycles. The van der Waals surface area contributed by atoms with E-state index in [2.05, 4.69) is 56.2 Å². The lowest BCUT2D eigenvalue weighted by Crippen LogP contribution is -3.10. The van der Waals surface area contributed by atoms with E-state index in [0.717, 1.165) is 41.7 Å². The Hall–Kier alpha value is -2.18. The Morgan fingerprint density at radius 2 is 1.90 bits per heavy atom. The van der Waals surface area contributed by atoms with Crippen molar-refractivity contribution in [3.05, 3.63) is 64.8 Å². The Bertz CT molecular complexity index is 904. The van der Waals surface area contributed by atoms with Crippen molar-refractivity contribution in [1.29, 1.82) is 0 Å². The number of nitrogens with one attached hydrogen (secondary N) is 1. The fourth-order valence-corrected chi connectivity index (χ4v) is 3.93. The maximum atomic E-state index is 6.50. The predicted molar refractivity (Wildman–Crippen MR) is 114 cm³/mol. The highest BCUT2D eigenvalue weighted by molar-refractivity contribution is 6.31. The maximum Gasteiger partial charge on any atom is 0.210 e. The molecule has 156 valence electrons. The first-order chi connectivity index (χ1) is 13.8. The number of tetrazole rings is 1. The van der Waals surface area contributed by atoms with E-state index in [9.17, 15) is 0 Å². The van der Waals surface area contributed by atoms with E-state index in [0.29, 0.717) is 5.92 Å². The molecule has 2 heterocycles. The number of hydrogen-bond acceptors (Lipinski definition) is 4. The van der Waals surface area contributed by atoms with E-state index in [-0.39, 0.29) is 11.6 Å². The monoisotopic (exact) mass is 416 g/mol. The summed E-state index contributed by atoms with van der Waals surface area (Å²) in [5.74, 6) is 2.16. The van der Waals surface area contributed by atoms with Crippen molar-refractivity contribution in [3.8, 4) is 0 Å². The lowest BCUT2D eigenvalue weighted by Gasteiger charge is -2.33. The molecule has 6 nitrogen and oxygen atoms in total. The van der Waals surface area contributed by atoms with Gasteiger partial charge in [0, 0.05) is 16.5 Å². The molecule has 0 aliphatic heterocycles. The predicted octanol–water partition coefficient (Wildman–Crippen LogP) is 4.05. The van der Waals surface area contributed by atoms with Crippen molar-refractivity contribution < 1.29 is 9.32 Å². The molecule has 0 saturated heterocycles. The van der Waals surface area contributed by atoms with Crippen molar-refractivity contribution in [2.75, 3.05) is 0 Å². The summed E-state index contributed by atoms with van der Waals surface area (Å²) in [6.45, 7) is 12.4. The largest absolute Gasteiger partial charge is 0.463 e. The highest BCUT2D eigenvalue weighted by Crippen LogP contribution is 2.25. The quantitative estimate of drug-likeness (QED) is 0.571. The van der Waals surface area contributed by atoms with Crippen LogP contribution in [0.5, 0.6) is 0 Å². The van der Waals surface area contributed by atoms with Gasteiger partial charge < -0.3 is 9.32 Å². The van der Waals surface area contributed by atoms with E-state index >= 15 is 0 Å². The zero-order valence-corrected chi connectivity index (χ0v) is 18.6. The molecule has 2 atom stereocenters. The van der Waals surface area contributed by atoms with Gasteiger partial charge in [-0.3, -0.25) is 0 Å². The molecule has 1 unspecified atom stereocenters. The smallest absolute Gasteiger partial charge is 0.210 e. The number of furan rings is 1. The van der Waals surface area contributed by atoms with E-state index in [1.54, 1.807) is 6.26 Å². The molecular weight excluding hydrogens is 386 g/mol. The van der Waals surface area contributed by atoms with E-state index in [4.69, 9.17) is 16.0 Å². The molecular formula is C22H31ClN5O+. The fourth-order valence-electron chi connectivity index (χ4n) is 3.73. The molecule has 0 spiro atoms. The first-order valence-corrected chi connectivity index (χ1v) is 10.6. The Balaban J connectivity index is 2.03. The lowest BCUT2D eigenvalue weighted by atomic mass is 9.97. The molecule has 0 aliphatic rings. The Morgan fingerprint density at radius 1 is 1.14 bits per heavy atom. The number of hydrogen-bond donors (Lipinski definition) is 1. The van der Waals surface area contributed by atoms with Crippen LogP contribution in [0.15, 0.2) is 47.1 Å². The zero-order valence-electron chi connectivity index (χ0n) is 17.9. The van der Waals surface area contributed by atoms with Gasteiger partial charge in [-0.25, -0.2) is 4.68 Å². The van der Waals surface area contributed by atoms with Gasteiger partial charge in [0.25, 0.3) is 0 Å². The summed E-state index contributed by atoms with van der Waals surface area (Å²) in [5.41, 5.74) is 0.946. The standard InChI is InChI=1S/C22H30ClN5O/c1-6-22(4,5)28-21(24-25-26-28)20(16(2)3)27(15-18-11-9-13-29-18)14-17-10-7-8-12-19(17)23/h7-13,16,20H,6,14-15H2,1-5H3/p+1/t20-/m1/s1. The van der Waals surface area contributed by atoms with Crippen LogP contribution in [-0.2, 0) is 18.6 Å². The van der Waals surface area contributed by atoms with Gasteiger partial charge in [-0.1, -0.05) is 50.6 Å². The number of rotatable bonds is 9. The SMILES string of the molecule is CCC(C)(C)n1nnnc1[C@@H](C(C)C)[NH+](Cc1ccco1)Cc1ccccc1Cl. The van der Waals surface area contributed by atoms with Crippen LogP contribution in [0.25, 0.3) is 0 Å². The van der Waals surface area contributed by atoms with Gasteiger partial charge in [0.15, 0.2) is 11.8 Å². The minimum Gasteiger partial charge on any atom is -0.463 e. The first-order valence-electron chi connectivity index (χ1n) is 10.2. The Morgan fingerprint density at radius 3 is 2.52 bits per heavy atom. The molecule has 0 amide bonds. The van der Waals surface area contributed by atoms with Crippen LogP contribution in [-0.4, -0.2) is 20.2 Å². The number of quaternary nitrogens is 1. The number of aromatic nitrogens is 4. The van der Waals surface area contributed by atoms with Gasteiger partial charge in [0.1, 0.15) is 13.1 Å². The lowest BCUT2D eigenvalue weighted by molar-refractivity contribution is -0.963. The van der Waals surface area contributed by atoms with E-state index < -0.39 is 0 Å². The maximum absolute atomic E-state index is 6.50. The molecule has 1 N–H and O–H groups in total. The zero-order chi connectivity index (χ0) is 21.0. The normalized spacial score (nSPS) is 14.3. The second-order valence-electron chi connectivity index (χ2n) is 8.52. The molecule has 2 aromatic heterocycles. The van der Waals surface area contributed by atoms with Gasteiger partial charge in [-0.15, -0.1) is 5.10 Å². The van der Waals surface area contributed by atoms with Crippen LogP contribution in [0.2, 0.25) is 5.02 Å². The summed E-state index contributed by atoms with van der Waals surface area (Å²) in [6.07, 6.45) is 2.66. The number of halogens is 1. The highest BCUT2D eigenvalue weighted by atomic mass is 35.5. The van der Waals surface area contributed by atoms with Crippen LogP contribution in [0.3, 0.4) is 0 Å². The van der Waals surface area contributed by atoms with Gasteiger partial charge in [0.05, 0.1) is 11.8 Å². The van der Waals surface area contributed by atoms with Crippen LogP contribution in [0.4, 0.5) is 0 Å². The van der Waals surface area contributed by atoms with Crippen LogP contribution in [0, 0.1) is 5.92 Å². The number of nitrogens with zero attached hydrogens (tertiary/aromatic N) is 4. The summed E-state index contributed by atoms with van der Waals surface area (Å²) >= 11 is 6.50. The average Bonchev–Trinajstić information content (AvgIpc) is 3.36. The van der Waals surface area contributed by atoms with Crippen LogP contribution in [0.1, 0.15) is 64.2 Å². The van der Waals surface area contributed by atoms with Crippen molar-refractivity contribution >= 4 is 11.6 Å².